The van der Waals surface area contributed by atoms with Crippen LogP contribution in [-0.2, 0) is 0 Å². The smallest absolute Gasteiger partial charge is 0.0639 e. The molecule has 2 nitrogen and oxygen atoms in total. The topological polar surface area (TPSA) is 32.3 Å². The first-order valence-corrected chi connectivity index (χ1v) is 7.70. The van der Waals surface area contributed by atoms with Crippen molar-refractivity contribution >= 4 is 23.2 Å². The van der Waals surface area contributed by atoms with Gasteiger partial charge < -0.3 is 10.4 Å². The summed E-state index contributed by atoms with van der Waals surface area (Å²) in [4.78, 5) is 0. The van der Waals surface area contributed by atoms with Crippen LogP contribution in [0.5, 0.6) is 0 Å². The molecule has 3 unspecified atom stereocenters. The Morgan fingerprint density at radius 2 is 2.05 bits per heavy atom. The number of aliphatic hydroxyl groups is 1. The van der Waals surface area contributed by atoms with Crippen LogP contribution in [0.2, 0.25) is 10.0 Å². The molecule has 106 valence electrons. The maximum Gasteiger partial charge on any atom is 0.0639 e. The van der Waals surface area contributed by atoms with Gasteiger partial charge in [-0.05, 0) is 37.3 Å². The molecular formula is C15H21Cl2NO. The van der Waals surface area contributed by atoms with E-state index in [1.807, 2.05) is 12.1 Å². The Morgan fingerprint density at radius 1 is 1.32 bits per heavy atom. The fraction of sp³-hybridized carbons (Fsp3) is 0.600. The molecule has 0 spiro atoms. The minimum atomic E-state index is -0.164. The van der Waals surface area contributed by atoms with E-state index in [-0.39, 0.29) is 12.1 Å². The van der Waals surface area contributed by atoms with Gasteiger partial charge in [-0.25, -0.2) is 0 Å². The van der Waals surface area contributed by atoms with Crippen LogP contribution in [0.1, 0.15) is 44.2 Å². The predicted molar refractivity (Wildman–Crippen MR) is 80.8 cm³/mol. The fourth-order valence-electron chi connectivity index (χ4n) is 2.72. The van der Waals surface area contributed by atoms with E-state index < -0.39 is 0 Å². The van der Waals surface area contributed by atoms with Crippen molar-refractivity contribution in [2.45, 2.75) is 44.8 Å². The standard InChI is InChI=1S/C15H21Cl2NO/c1-10(12-6-4-7-13(16)15(12)17)18-9-11-5-2-3-8-14(11)19/h4,6-7,10-11,14,18-19H,2-3,5,8-9H2,1H3. The number of halogens is 2. The maximum absolute atomic E-state index is 9.96. The van der Waals surface area contributed by atoms with E-state index in [0.29, 0.717) is 16.0 Å². The zero-order chi connectivity index (χ0) is 13.8. The van der Waals surface area contributed by atoms with Crippen molar-refractivity contribution in [2.75, 3.05) is 6.54 Å². The van der Waals surface area contributed by atoms with E-state index in [9.17, 15) is 5.11 Å². The number of nitrogens with one attached hydrogen (secondary N) is 1. The average molecular weight is 302 g/mol. The Balaban J connectivity index is 1.93. The van der Waals surface area contributed by atoms with Crippen LogP contribution in [-0.4, -0.2) is 17.8 Å². The lowest BCUT2D eigenvalue weighted by atomic mass is 9.86. The quantitative estimate of drug-likeness (QED) is 0.874. The van der Waals surface area contributed by atoms with Crippen molar-refractivity contribution in [3.05, 3.63) is 33.8 Å². The molecule has 2 N–H and O–H groups in total. The molecule has 1 aliphatic carbocycles. The van der Waals surface area contributed by atoms with Crippen molar-refractivity contribution in [2.24, 2.45) is 5.92 Å². The molecule has 0 aliphatic heterocycles. The largest absolute Gasteiger partial charge is 0.393 e. The van der Waals surface area contributed by atoms with Crippen molar-refractivity contribution < 1.29 is 5.11 Å². The monoisotopic (exact) mass is 301 g/mol. The molecule has 1 fully saturated rings. The molecule has 3 atom stereocenters. The Hall–Kier alpha value is -0.280. The van der Waals surface area contributed by atoms with Gasteiger partial charge in [-0.2, -0.15) is 0 Å². The van der Waals surface area contributed by atoms with Gasteiger partial charge in [-0.1, -0.05) is 48.2 Å². The molecule has 19 heavy (non-hydrogen) atoms. The molecule has 0 aromatic heterocycles. The summed E-state index contributed by atoms with van der Waals surface area (Å²) in [6.45, 7) is 2.90. The number of benzene rings is 1. The second-order valence-electron chi connectivity index (χ2n) is 5.38. The number of aliphatic hydroxyl groups excluding tert-OH is 1. The van der Waals surface area contributed by atoms with Crippen LogP contribution in [0.15, 0.2) is 18.2 Å². The summed E-state index contributed by atoms with van der Waals surface area (Å²) in [5, 5.41) is 14.6. The highest BCUT2D eigenvalue weighted by molar-refractivity contribution is 6.42. The van der Waals surface area contributed by atoms with Gasteiger partial charge in [0.2, 0.25) is 0 Å². The zero-order valence-corrected chi connectivity index (χ0v) is 12.7. The van der Waals surface area contributed by atoms with Crippen molar-refractivity contribution in [1.29, 1.82) is 0 Å². The van der Waals surface area contributed by atoms with Gasteiger partial charge in [-0.3, -0.25) is 0 Å². The van der Waals surface area contributed by atoms with E-state index >= 15 is 0 Å². The van der Waals surface area contributed by atoms with E-state index in [0.717, 1.165) is 31.4 Å². The molecule has 1 aliphatic rings. The van der Waals surface area contributed by atoms with Crippen LogP contribution in [0, 0.1) is 5.92 Å². The Labute approximate surface area is 125 Å². The van der Waals surface area contributed by atoms with Gasteiger partial charge in [0.05, 0.1) is 16.1 Å². The van der Waals surface area contributed by atoms with E-state index in [1.54, 1.807) is 6.07 Å². The zero-order valence-electron chi connectivity index (χ0n) is 11.2. The van der Waals surface area contributed by atoms with Crippen LogP contribution >= 0.6 is 23.2 Å². The van der Waals surface area contributed by atoms with Gasteiger partial charge in [-0.15, -0.1) is 0 Å². The summed E-state index contributed by atoms with van der Waals surface area (Å²) in [5.74, 6) is 0.356. The highest BCUT2D eigenvalue weighted by atomic mass is 35.5. The maximum atomic E-state index is 9.96. The van der Waals surface area contributed by atoms with Crippen LogP contribution in [0.3, 0.4) is 0 Å². The number of hydrogen-bond acceptors (Lipinski definition) is 2. The molecule has 1 aromatic carbocycles. The van der Waals surface area contributed by atoms with Gasteiger partial charge in [0.15, 0.2) is 0 Å². The summed E-state index contributed by atoms with van der Waals surface area (Å²) in [7, 11) is 0. The fourth-order valence-corrected chi connectivity index (χ4v) is 3.19. The molecule has 0 saturated heterocycles. The van der Waals surface area contributed by atoms with Crippen LogP contribution in [0.4, 0.5) is 0 Å². The molecule has 1 aromatic rings. The highest BCUT2D eigenvalue weighted by Gasteiger charge is 2.23. The highest BCUT2D eigenvalue weighted by Crippen LogP contribution is 2.30. The molecule has 0 heterocycles. The van der Waals surface area contributed by atoms with Gasteiger partial charge in [0, 0.05) is 12.6 Å². The first kappa shape index (κ1) is 15.1. The Morgan fingerprint density at radius 3 is 2.79 bits per heavy atom. The summed E-state index contributed by atoms with van der Waals surface area (Å²) in [6.07, 6.45) is 4.23. The molecule has 4 heteroatoms. The summed E-state index contributed by atoms with van der Waals surface area (Å²) in [5.41, 5.74) is 1.01. The normalized spacial score (nSPS) is 25.3. The second-order valence-corrected chi connectivity index (χ2v) is 6.17. The van der Waals surface area contributed by atoms with Crippen LogP contribution < -0.4 is 5.32 Å². The molecule has 0 bridgehead atoms. The number of hydrogen-bond donors (Lipinski definition) is 2. The predicted octanol–water partition coefficient (Wildman–Crippen LogP) is 4.20. The summed E-state index contributed by atoms with van der Waals surface area (Å²) < 4.78 is 0. The first-order valence-electron chi connectivity index (χ1n) is 6.95. The van der Waals surface area contributed by atoms with Crippen molar-refractivity contribution in [1.82, 2.24) is 5.32 Å². The second kappa shape index (κ2) is 6.94. The van der Waals surface area contributed by atoms with Crippen molar-refractivity contribution in [3.8, 4) is 0 Å². The van der Waals surface area contributed by atoms with Gasteiger partial charge in [0.25, 0.3) is 0 Å². The first-order chi connectivity index (χ1) is 9.09. The lowest BCUT2D eigenvalue weighted by Crippen LogP contribution is -2.35. The van der Waals surface area contributed by atoms with Crippen LogP contribution in [0.25, 0.3) is 0 Å². The van der Waals surface area contributed by atoms with Gasteiger partial charge >= 0.3 is 0 Å². The lowest BCUT2D eigenvalue weighted by molar-refractivity contribution is 0.0684. The molecule has 0 radical (unpaired) electrons. The molecular weight excluding hydrogens is 281 g/mol. The Bertz CT molecular complexity index is 425. The summed E-state index contributed by atoms with van der Waals surface area (Å²) >= 11 is 12.2. The van der Waals surface area contributed by atoms with Crippen molar-refractivity contribution in [3.63, 3.8) is 0 Å². The number of rotatable bonds is 4. The molecule has 1 saturated carbocycles. The van der Waals surface area contributed by atoms with E-state index in [4.69, 9.17) is 23.2 Å². The van der Waals surface area contributed by atoms with E-state index in [1.165, 1.54) is 6.42 Å². The minimum Gasteiger partial charge on any atom is -0.393 e. The third kappa shape index (κ3) is 3.85. The summed E-state index contributed by atoms with van der Waals surface area (Å²) in [6, 6.07) is 5.84. The molecule has 0 amide bonds. The van der Waals surface area contributed by atoms with Gasteiger partial charge in [0.1, 0.15) is 0 Å². The lowest BCUT2D eigenvalue weighted by Gasteiger charge is -2.29. The minimum absolute atomic E-state index is 0.139. The molecule has 2 rings (SSSR count). The third-order valence-electron chi connectivity index (χ3n) is 4.00. The SMILES string of the molecule is CC(NCC1CCCCC1O)c1cccc(Cl)c1Cl. The average Bonchev–Trinajstić information content (AvgIpc) is 2.40. The third-order valence-corrected chi connectivity index (χ3v) is 4.84. The Kier molecular flexibility index (Phi) is 5.52. The van der Waals surface area contributed by atoms with E-state index in [2.05, 4.69) is 12.2 Å².